The van der Waals surface area contributed by atoms with Crippen LogP contribution < -0.4 is 0 Å². The zero-order valence-corrected chi connectivity index (χ0v) is 10.4. The Labute approximate surface area is 102 Å². The van der Waals surface area contributed by atoms with Crippen LogP contribution in [-0.4, -0.2) is 30.4 Å². The SMILES string of the molecule is O=S(=O)(O)N1CCC(Cc2ccccc2)CC1. The van der Waals surface area contributed by atoms with Crippen molar-refractivity contribution in [3.8, 4) is 0 Å². The van der Waals surface area contributed by atoms with Crippen molar-refractivity contribution < 1.29 is 13.0 Å². The molecule has 0 aromatic heterocycles. The molecular weight excluding hydrogens is 238 g/mol. The van der Waals surface area contributed by atoms with Gasteiger partial charge >= 0.3 is 10.3 Å². The first-order valence-corrected chi connectivity index (χ1v) is 7.22. The van der Waals surface area contributed by atoms with Crippen LogP contribution in [0, 0.1) is 5.92 Å². The van der Waals surface area contributed by atoms with Crippen molar-refractivity contribution in [2.45, 2.75) is 19.3 Å². The topological polar surface area (TPSA) is 57.6 Å². The molecule has 1 heterocycles. The highest BCUT2D eigenvalue weighted by Crippen LogP contribution is 2.22. The molecule has 0 amide bonds. The van der Waals surface area contributed by atoms with E-state index in [4.69, 9.17) is 4.55 Å². The molecule has 1 aliphatic rings. The van der Waals surface area contributed by atoms with Crippen LogP contribution in [0.25, 0.3) is 0 Å². The van der Waals surface area contributed by atoms with Crippen LogP contribution in [0.15, 0.2) is 30.3 Å². The van der Waals surface area contributed by atoms with Gasteiger partial charge in [-0.15, -0.1) is 0 Å². The molecule has 4 nitrogen and oxygen atoms in total. The summed E-state index contributed by atoms with van der Waals surface area (Å²) in [5.41, 5.74) is 1.29. The van der Waals surface area contributed by atoms with E-state index in [1.807, 2.05) is 18.2 Å². The molecule has 94 valence electrons. The van der Waals surface area contributed by atoms with Crippen LogP contribution in [0.5, 0.6) is 0 Å². The maximum atomic E-state index is 10.9. The number of hydrogen-bond donors (Lipinski definition) is 1. The molecule has 1 aromatic rings. The zero-order valence-electron chi connectivity index (χ0n) is 9.62. The van der Waals surface area contributed by atoms with Crippen molar-refractivity contribution in [3.05, 3.63) is 35.9 Å². The van der Waals surface area contributed by atoms with Crippen molar-refractivity contribution in [2.24, 2.45) is 5.92 Å². The minimum Gasteiger partial charge on any atom is -0.273 e. The maximum Gasteiger partial charge on any atom is 0.335 e. The predicted molar refractivity (Wildman–Crippen MR) is 66.0 cm³/mol. The van der Waals surface area contributed by atoms with Crippen molar-refractivity contribution in [2.75, 3.05) is 13.1 Å². The maximum absolute atomic E-state index is 10.9. The summed E-state index contributed by atoms with van der Waals surface area (Å²) in [6.45, 7) is 0.854. The van der Waals surface area contributed by atoms with Crippen molar-refractivity contribution in [3.63, 3.8) is 0 Å². The molecule has 0 aliphatic carbocycles. The van der Waals surface area contributed by atoms with Crippen LogP contribution in [-0.2, 0) is 16.7 Å². The Balaban J connectivity index is 1.88. The molecule has 0 saturated carbocycles. The molecule has 0 bridgehead atoms. The summed E-state index contributed by atoms with van der Waals surface area (Å²) < 4.78 is 31.9. The lowest BCUT2D eigenvalue weighted by Gasteiger charge is -2.29. The fourth-order valence-electron chi connectivity index (χ4n) is 2.29. The molecule has 1 saturated heterocycles. The Morgan fingerprint density at radius 3 is 2.29 bits per heavy atom. The van der Waals surface area contributed by atoms with Gasteiger partial charge in [-0.3, -0.25) is 4.55 Å². The van der Waals surface area contributed by atoms with Gasteiger partial charge in [-0.25, -0.2) is 0 Å². The molecule has 1 fully saturated rings. The second kappa shape index (κ2) is 5.16. The van der Waals surface area contributed by atoms with Crippen LogP contribution in [0.2, 0.25) is 0 Å². The fourth-order valence-corrected chi connectivity index (χ4v) is 2.96. The molecule has 1 aliphatic heterocycles. The lowest BCUT2D eigenvalue weighted by molar-refractivity contribution is 0.253. The highest BCUT2D eigenvalue weighted by atomic mass is 32.2. The van der Waals surface area contributed by atoms with Gasteiger partial charge in [0.05, 0.1) is 0 Å². The first-order chi connectivity index (χ1) is 8.05. The van der Waals surface area contributed by atoms with Gasteiger partial charge in [0.25, 0.3) is 0 Å². The first kappa shape index (κ1) is 12.5. The van der Waals surface area contributed by atoms with Gasteiger partial charge in [0.2, 0.25) is 0 Å². The summed E-state index contributed by atoms with van der Waals surface area (Å²) in [4.78, 5) is 0. The Morgan fingerprint density at radius 1 is 1.18 bits per heavy atom. The second-order valence-corrected chi connectivity index (χ2v) is 5.92. The van der Waals surface area contributed by atoms with Crippen LogP contribution in [0.3, 0.4) is 0 Å². The number of hydrogen-bond acceptors (Lipinski definition) is 2. The summed E-state index contributed by atoms with van der Waals surface area (Å²) >= 11 is 0. The lowest BCUT2D eigenvalue weighted by Crippen LogP contribution is -2.38. The van der Waals surface area contributed by atoms with Crippen LogP contribution in [0.4, 0.5) is 0 Å². The minimum absolute atomic E-state index is 0.427. The average molecular weight is 255 g/mol. The summed E-state index contributed by atoms with van der Waals surface area (Å²) in [5.74, 6) is 0.510. The molecule has 1 N–H and O–H groups in total. The molecule has 0 atom stereocenters. The summed E-state index contributed by atoms with van der Waals surface area (Å²) in [7, 11) is -3.99. The van der Waals surface area contributed by atoms with Gasteiger partial charge in [-0.1, -0.05) is 30.3 Å². The predicted octanol–water partition coefficient (Wildman–Crippen LogP) is 1.74. The molecule has 0 radical (unpaired) electrons. The molecule has 5 heteroatoms. The van der Waals surface area contributed by atoms with E-state index in [-0.39, 0.29) is 0 Å². The molecule has 0 unspecified atom stereocenters. The van der Waals surface area contributed by atoms with E-state index in [9.17, 15) is 8.42 Å². The van der Waals surface area contributed by atoms with Crippen LogP contribution in [0.1, 0.15) is 18.4 Å². The quantitative estimate of drug-likeness (QED) is 0.837. The third kappa shape index (κ3) is 3.52. The van der Waals surface area contributed by atoms with Crippen molar-refractivity contribution in [1.29, 1.82) is 0 Å². The molecule has 0 spiro atoms. The van der Waals surface area contributed by atoms with Gasteiger partial charge in [0, 0.05) is 13.1 Å². The number of benzene rings is 1. The summed E-state index contributed by atoms with van der Waals surface area (Å²) in [6, 6.07) is 10.2. The monoisotopic (exact) mass is 255 g/mol. The molecular formula is C12H17NO3S. The highest BCUT2D eigenvalue weighted by Gasteiger charge is 2.26. The van der Waals surface area contributed by atoms with Crippen molar-refractivity contribution >= 4 is 10.3 Å². The number of rotatable bonds is 3. The molecule has 1 aromatic carbocycles. The third-order valence-electron chi connectivity index (χ3n) is 3.27. The molecule has 17 heavy (non-hydrogen) atoms. The lowest BCUT2D eigenvalue weighted by atomic mass is 9.91. The Kier molecular flexibility index (Phi) is 3.81. The van der Waals surface area contributed by atoms with E-state index in [0.717, 1.165) is 23.6 Å². The van der Waals surface area contributed by atoms with E-state index < -0.39 is 10.3 Å². The second-order valence-electron chi connectivity index (χ2n) is 4.51. The van der Waals surface area contributed by atoms with E-state index >= 15 is 0 Å². The Hall–Kier alpha value is -0.910. The summed E-state index contributed by atoms with van der Waals surface area (Å²) in [6.07, 6.45) is 2.61. The smallest absolute Gasteiger partial charge is 0.273 e. The number of piperidine rings is 1. The van der Waals surface area contributed by atoms with Gasteiger partial charge in [0.15, 0.2) is 0 Å². The molecule has 2 rings (SSSR count). The van der Waals surface area contributed by atoms with Gasteiger partial charge in [-0.05, 0) is 30.7 Å². The summed E-state index contributed by atoms with van der Waals surface area (Å²) in [5, 5.41) is 0. The number of nitrogens with zero attached hydrogens (tertiary/aromatic N) is 1. The zero-order chi connectivity index (χ0) is 12.3. The minimum atomic E-state index is -3.99. The van der Waals surface area contributed by atoms with Gasteiger partial charge in [-0.2, -0.15) is 12.7 Å². The van der Waals surface area contributed by atoms with Crippen molar-refractivity contribution in [1.82, 2.24) is 4.31 Å². The normalized spacial score (nSPS) is 19.4. The van der Waals surface area contributed by atoms with Gasteiger partial charge < -0.3 is 0 Å². The largest absolute Gasteiger partial charge is 0.335 e. The van der Waals surface area contributed by atoms with Gasteiger partial charge in [0.1, 0.15) is 0 Å². The van der Waals surface area contributed by atoms with E-state index in [1.54, 1.807) is 0 Å². The fraction of sp³-hybridized carbons (Fsp3) is 0.500. The van der Waals surface area contributed by atoms with E-state index in [1.165, 1.54) is 5.56 Å². The van der Waals surface area contributed by atoms with E-state index in [0.29, 0.717) is 19.0 Å². The highest BCUT2D eigenvalue weighted by molar-refractivity contribution is 7.83. The Morgan fingerprint density at radius 2 is 1.76 bits per heavy atom. The first-order valence-electron chi connectivity index (χ1n) is 5.82. The standard InChI is InChI=1S/C12H17NO3S/c14-17(15,16)13-8-6-12(7-9-13)10-11-4-2-1-3-5-11/h1-5,12H,6-10H2,(H,14,15,16). The third-order valence-corrected chi connectivity index (χ3v) is 4.28. The average Bonchev–Trinajstić information content (AvgIpc) is 2.30. The van der Waals surface area contributed by atoms with E-state index in [2.05, 4.69) is 12.1 Å². The van der Waals surface area contributed by atoms with Crippen LogP contribution >= 0.6 is 0 Å². The Bertz CT molecular complexity index is 450.